The maximum Gasteiger partial charge on any atom is 0.435 e. The Kier molecular flexibility index (Phi) is 6.45. The number of piperidine rings is 1. The van der Waals surface area contributed by atoms with Crippen LogP contribution in [-0.2, 0) is 16.9 Å². The van der Waals surface area contributed by atoms with Crippen molar-refractivity contribution in [3.8, 4) is 0 Å². The number of nitrogens with zero attached hydrogens (tertiary/aromatic N) is 2. The van der Waals surface area contributed by atoms with Gasteiger partial charge in [0.05, 0.1) is 0 Å². The second kappa shape index (κ2) is 8.57. The van der Waals surface area contributed by atoms with Crippen molar-refractivity contribution in [3.63, 3.8) is 0 Å². The minimum atomic E-state index is -6.13. The summed E-state index contributed by atoms with van der Waals surface area (Å²) in [4.78, 5) is 15.4. The number of likely N-dealkylation sites (tertiary alicyclic amines) is 1. The first-order valence-corrected chi connectivity index (χ1v) is 12.5. The molecule has 2 aliphatic heterocycles. The normalized spacial score (nSPS) is 25.7. The molecule has 0 N–H and O–H groups in total. The highest BCUT2D eigenvalue weighted by atomic mass is 32.2. The zero-order chi connectivity index (χ0) is 25.1. The average molecular weight is 513 g/mol. The van der Waals surface area contributed by atoms with Crippen LogP contribution in [0.3, 0.4) is 0 Å². The van der Waals surface area contributed by atoms with Gasteiger partial charge in [0.2, 0.25) is 5.91 Å². The van der Waals surface area contributed by atoms with E-state index in [9.17, 15) is 35.5 Å². The van der Waals surface area contributed by atoms with Gasteiger partial charge in [0.15, 0.2) is 0 Å². The number of amides is 1. The fourth-order valence-electron chi connectivity index (χ4n) is 5.74. The van der Waals surface area contributed by atoms with Gasteiger partial charge >= 0.3 is 18.0 Å². The highest BCUT2D eigenvalue weighted by Gasteiger charge is 2.73. The molecule has 11 heteroatoms. The highest BCUT2D eigenvalue weighted by molar-refractivity contribution is 7.96. The van der Waals surface area contributed by atoms with Gasteiger partial charge in [-0.2, -0.15) is 26.3 Å². The number of rotatable bonds is 3. The van der Waals surface area contributed by atoms with Gasteiger partial charge in [-0.15, -0.1) is 0 Å². The molecule has 2 heterocycles. The third-order valence-electron chi connectivity index (χ3n) is 7.84. The van der Waals surface area contributed by atoms with Crippen LogP contribution in [-0.4, -0.2) is 59.4 Å². The molecule has 0 radical (unpaired) electrons. The average Bonchev–Trinajstić information content (AvgIpc) is 3.21. The molecule has 0 spiro atoms. The Balaban J connectivity index is 1.58. The number of alkyl halides is 7. The lowest BCUT2D eigenvalue weighted by molar-refractivity contribution is -0.348. The number of carbonyl (C=O) groups is 1. The van der Waals surface area contributed by atoms with Gasteiger partial charge in [0.1, 0.15) is 0 Å². The standard InChI is InChI=1S/C23H27F7N2OS/c1-20(8-11-31(34-2)12-9-20)19(33)32-10-7-17-16-5-4-15(13-14(16)3-6-18(17)32)21(24,22(25,26)27)23(28,29)30/h4-5,13,17-18H,3,6-12H2,1-2H3/t17-,18?/m0/s1. The zero-order valence-corrected chi connectivity index (χ0v) is 19.7. The molecule has 1 aliphatic carbocycles. The Hall–Kier alpha value is -1.49. The summed E-state index contributed by atoms with van der Waals surface area (Å²) >= 11 is 1.65. The first kappa shape index (κ1) is 25.6. The fraction of sp³-hybridized carbons (Fsp3) is 0.696. The molecule has 1 aromatic carbocycles. The van der Waals surface area contributed by atoms with Gasteiger partial charge in [0, 0.05) is 42.6 Å². The molecular weight excluding hydrogens is 485 g/mol. The maximum absolute atomic E-state index is 14.5. The third-order valence-corrected chi connectivity index (χ3v) is 8.72. The summed E-state index contributed by atoms with van der Waals surface area (Å²) in [6.07, 6.45) is -7.61. The van der Waals surface area contributed by atoms with Crippen LogP contribution in [0.25, 0.3) is 0 Å². The van der Waals surface area contributed by atoms with E-state index in [1.54, 1.807) is 11.9 Å². The summed E-state index contributed by atoms with van der Waals surface area (Å²) < 4.78 is 95.9. The molecular formula is C23H27F7N2OS. The molecule has 0 saturated carbocycles. The summed E-state index contributed by atoms with van der Waals surface area (Å²) in [5, 5.41) is 0. The minimum absolute atomic E-state index is 0.0674. The number of hydrogen-bond acceptors (Lipinski definition) is 3. The van der Waals surface area contributed by atoms with Crippen LogP contribution in [0.5, 0.6) is 0 Å². The topological polar surface area (TPSA) is 23.6 Å². The molecule has 4 rings (SSSR count). The van der Waals surface area contributed by atoms with E-state index in [1.165, 1.54) is 6.07 Å². The summed E-state index contributed by atoms with van der Waals surface area (Å²) in [6.45, 7) is 4.08. The number of aryl methyl sites for hydroxylation is 1. The van der Waals surface area contributed by atoms with Gasteiger partial charge in [-0.05, 0) is 49.5 Å². The van der Waals surface area contributed by atoms with Crippen LogP contribution >= 0.6 is 11.9 Å². The monoisotopic (exact) mass is 512 g/mol. The maximum atomic E-state index is 14.5. The van der Waals surface area contributed by atoms with Crippen molar-refractivity contribution >= 4 is 17.9 Å². The van der Waals surface area contributed by atoms with Crippen LogP contribution < -0.4 is 0 Å². The molecule has 1 aromatic rings. The van der Waals surface area contributed by atoms with Gasteiger partial charge in [-0.3, -0.25) is 9.10 Å². The second-order valence-corrected chi connectivity index (χ2v) is 10.6. The number of fused-ring (bicyclic) bond motifs is 3. The number of halogens is 7. The van der Waals surface area contributed by atoms with E-state index in [2.05, 4.69) is 4.31 Å². The largest absolute Gasteiger partial charge is 0.435 e. The first-order chi connectivity index (χ1) is 15.7. The molecule has 0 bridgehead atoms. The van der Waals surface area contributed by atoms with Crippen LogP contribution in [0.1, 0.15) is 55.2 Å². The number of carbonyl (C=O) groups excluding carboxylic acids is 1. The molecule has 3 aliphatic rings. The van der Waals surface area contributed by atoms with Crippen LogP contribution in [0.2, 0.25) is 0 Å². The van der Waals surface area contributed by atoms with Gasteiger partial charge in [0.25, 0.3) is 0 Å². The fourth-order valence-corrected chi connectivity index (χ4v) is 6.29. The Morgan fingerprint density at radius 2 is 1.62 bits per heavy atom. The molecule has 1 unspecified atom stereocenters. The van der Waals surface area contributed by atoms with Crippen LogP contribution in [0.15, 0.2) is 18.2 Å². The van der Waals surface area contributed by atoms with Crippen molar-refractivity contribution in [2.75, 3.05) is 25.9 Å². The van der Waals surface area contributed by atoms with Gasteiger partial charge < -0.3 is 4.90 Å². The molecule has 190 valence electrons. The smallest absolute Gasteiger partial charge is 0.339 e. The van der Waals surface area contributed by atoms with E-state index in [1.807, 2.05) is 18.1 Å². The highest BCUT2D eigenvalue weighted by Crippen LogP contribution is 2.54. The summed E-state index contributed by atoms with van der Waals surface area (Å²) in [7, 11) is 0. The van der Waals surface area contributed by atoms with Crippen molar-refractivity contribution in [3.05, 3.63) is 34.9 Å². The second-order valence-electron chi connectivity index (χ2n) is 9.74. The quantitative estimate of drug-likeness (QED) is 0.367. The predicted molar refractivity (Wildman–Crippen MR) is 115 cm³/mol. The Bertz CT molecular complexity index is 926. The molecule has 2 saturated heterocycles. The Morgan fingerprint density at radius 1 is 1.00 bits per heavy atom. The molecule has 34 heavy (non-hydrogen) atoms. The lowest BCUT2D eigenvalue weighted by Gasteiger charge is -2.42. The summed E-state index contributed by atoms with van der Waals surface area (Å²) in [5.41, 5.74) is -6.45. The number of benzene rings is 1. The molecule has 3 nitrogen and oxygen atoms in total. The lowest BCUT2D eigenvalue weighted by atomic mass is 9.76. The Morgan fingerprint density at radius 3 is 2.18 bits per heavy atom. The van der Waals surface area contributed by atoms with Gasteiger partial charge in [-0.25, -0.2) is 4.39 Å². The minimum Gasteiger partial charge on any atom is -0.339 e. The first-order valence-electron chi connectivity index (χ1n) is 11.3. The van der Waals surface area contributed by atoms with E-state index in [-0.39, 0.29) is 24.3 Å². The van der Waals surface area contributed by atoms with Crippen molar-refractivity contribution in [1.82, 2.24) is 9.21 Å². The van der Waals surface area contributed by atoms with Crippen molar-refractivity contribution < 1.29 is 35.5 Å². The van der Waals surface area contributed by atoms with E-state index in [4.69, 9.17) is 0 Å². The molecule has 1 amide bonds. The summed E-state index contributed by atoms with van der Waals surface area (Å²) in [6, 6.07) is 2.37. The SMILES string of the molecule is CSN1CCC(C)(C(=O)N2CC[C@H]3c4ccc(C(F)(C(F)(F)F)C(F)(F)F)cc4CCC32)CC1. The molecule has 2 atom stereocenters. The third kappa shape index (κ3) is 4.00. The number of hydrogen-bond donors (Lipinski definition) is 0. The van der Waals surface area contributed by atoms with Gasteiger partial charge in [-0.1, -0.05) is 37.1 Å². The Labute approximate surface area is 198 Å². The van der Waals surface area contributed by atoms with E-state index < -0.39 is 29.0 Å². The van der Waals surface area contributed by atoms with E-state index in [0.29, 0.717) is 36.6 Å². The van der Waals surface area contributed by atoms with Crippen LogP contribution in [0, 0.1) is 5.41 Å². The van der Waals surface area contributed by atoms with Crippen molar-refractivity contribution in [2.24, 2.45) is 5.41 Å². The lowest BCUT2D eigenvalue weighted by Crippen LogP contribution is -2.51. The van der Waals surface area contributed by atoms with E-state index >= 15 is 0 Å². The predicted octanol–water partition coefficient (Wildman–Crippen LogP) is 5.99. The molecule has 2 fully saturated rings. The van der Waals surface area contributed by atoms with E-state index in [0.717, 1.165) is 32.0 Å². The van der Waals surface area contributed by atoms with Crippen LogP contribution in [0.4, 0.5) is 30.7 Å². The summed E-state index contributed by atoms with van der Waals surface area (Å²) in [5.74, 6) is -0.111. The van der Waals surface area contributed by atoms with Crippen molar-refractivity contribution in [1.29, 1.82) is 0 Å². The molecule has 0 aromatic heterocycles. The zero-order valence-electron chi connectivity index (χ0n) is 18.9. The van der Waals surface area contributed by atoms with Crippen molar-refractivity contribution in [2.45, 2.75) is 69.0 Å².